The highest BCUT2D eigenvalue weighted by Crippen LogP contribution is 2.44. The fourth-order valence-corrected chi connectivity index (χ4v) is 3.36. The zero-order valence-electron chi connectivity index (χ0n) is 11.0. The van der Waals surface area contributed by atoms with E-state index in [4.69, 9.17) is 0 Å². The lowest BCUT2D eigenvalue weighted by atomic mass is 9.76. The third-order valence-corrected chi connectivity index (χ3v) is 4.37. The van der Waals surface area contributed by atoms with Crippen LogP contribution in [0, 0.1) is 18.3 Å². The van der Waals surface area contributed by atoms with Crippen LogP contribution in [-0.4, -0.2) is 16.7 Å². The molecule has 0 fully saturated rings. The first-order chi connectivity index (χ1) is 8.29. The highest BCUT2D eigenvalue weighted by atomic mass is 79.9. The molecule has 1 aliphatic rings. The van der Waals surface area contributed by atoms with Crippen molar-refractivity contribution < 1.29 is 5.11 Å². The number of hydrogen-bond acceptors (Lipinski definition) is 3. The Hall–Kier alpha value is -1.05. The van der Waals surface area contributed by atoms with Gasteiger partial charge in [-0.15, -0.1) is 0 Å². The molecule has 0 aliphatic carbocycles. The summed E-state index contributed by atoms with van der Waals surface area (Å²) in [6.07, 6.45) is -0.522. The standard InChI is InChI=1S/C14H17BrN2O/c1-7-5-10(15)9(6-16)11-8(2)13(18)14(3,4)17-12(7)11/h5,8,13,17-18H,1-4H3/t8-,13+/m1/s1. The first-order valence-corrected chi connectivity index (χ1v) is 6.78. The quantitative estimate of drug-likeness (QED) is 0.773. The van der Waals surface area contributed by atoms with Gasteiger partial charge in [0, 0.05) is 16.1 Å². The van der Waals surface area contributed by atoms with Crippen LogP contribution < -0.4 is 5.32 Å². The van der Waals surface area contributed by atoms with E-state index in [0.717, 1.165) is 21.3 Å². The molecule has 96 valence electrons. The molecule has 1 aliphatic heterocycles. The van der Waals surface area contributed by atoms with Gasteiger partial charge in [0.25, 0.3) is 0 Å². The predicted octanol–water partition coefficient (Wildman–Crippen LogP) is 3.30. The fraction of sp³-hybridized carbons (Fsp3) is 0.500. The third-order valence-electron chi connectivity index (χ3n) is 3.74. The Morgan fingerprint density at radius 1 is 1.50 bits per heavy atom. The molecule has 1 aromatic rings. The minimum atomic E-state index is -0.522. The van der Waals surface area contributed by atoms with Gasteiger partial charge in [0.15, 0.2) is 0 Å². The van der Waals surface area contributed by atoms with Crippen LogP contribution in [0.5, 0.6) is 0 Å². The normalized spacial score (nSPS) is 24.9. The molecule has 0 amide bonds. The van der Waals surface area contributed by atoms with E-state index < -0.39 is 11.6 Å². The van der Waals surface area contributed by atoms with E-state index in [1.54, 1.807) is 0 Å². The minimum Gasteiger partial charge on any atom is -0.390 e. The van der Waals surface area contributed by atoms with E-state index in [2.05, 4.69) is 27.3 Å². The summed E-state index contributed by atoms with van der Waals surface area (Å²) >= 11 is 3.43. The first kappa shape index (κ1) is 13.4. The predicted molar refractivity (Wildman–Crippen MR) is 75.7 cm³/mol. The molecule has 2 rings (SSSR count). The summed E-state index contributed by atoms with van der Waals surface area (Å²) in [4.78, 5) is 0. The fourth-order valence-electron chi connectivity index (χ4n) is 2.71. The van der Waals surface area contributed by atoms with Crippen molar-refractivity contribution in [3.63, 3.8) is 0 Å². The number of halogens is 1. The summed E-state index contributed by atoms with van der Waals surface area (Å²) in [5, 5.41) is 23.0. The summed E-state index contributed by atoms with van der Waals surface area (Å²) in [7, 11) is 0. The molecule has 4 heteroatoms. The largest absolute Gasteiger partial charge is 0.390 e. The number of hydrogen-bond donors (Lipinski definition) is 2. The number of aliphatic hydroxyl groups is 1. The van der Waals surface area contributed by atoms with Gasteiger partial charge in [0.2, 0.25) is 0 Å². The molecule has 0 radical (unpaired) electrons. The van der Waals surface area contributed by atoms with Crippen molar-refractivity contribution in [3.05, 3.63) is 27.2 Å². The van der Waals surface area contributed by atoms with Gasteiger partial charge in [-0.1, -0.05) is 6.92 Å². The Kier molecular flexibility index (Phi) is 3.16. The van der Waals surface area contributed by atoms with Gasteiger partial charge in [-0.3, -0.25) is 0 Å². The maximum absolute atomic E-state index is 10.4. The van der Waals surface area contributed by atoms with Crippen molar-refractivity contribution >= 4 is 21.6 Å². The smallest absolute Gasteiger partial charge is 0.101 e. The van der Waals surface area contributed by atoms with Crippen LogP contribution in [0.3, 0.4) is 0 Å². The van der Waals surface area contributed by atoms with Crippen molar-refractivity contribution in [3.8, 4) is 6.07 Å². The van der Waals surface area contributed by atoms with Crippen LogP contribution in [0.15, 0.2) is 10.5 Å². The molecule has 2 atom stereocenters. The Morgan fingerprint density at radius 3 is 2.67 bits per heavy atom. The van der Waals surface area contributed by atoms with E-state index in [9.17, 15) is 10.4 Å². The van der Waals surface area contributed by atoms with E-state index in [-0.39, 0.29) is 5.92 Å². The number of nitriles is 1. The molecule has 1 aromatic carbocycles. The topological polar surface area (TPSA) is 56.0 Å². The van der Waals surface area contributed by atoms with E-state index in [1.807, 2.05) is 33.8 Å². The van der Waals surface area contributed by atoms with Crippen molar-refractivity contribution in [1.29, 1.82) is 5.26 Å². The second-order valence-corrected chi connectivity index (χ2v) is 6.39. The number of nitrogens with zero attached hydrogens (tertiary/aromatic N) is 1. The lowest BCUT2D eigenvalue weighted by molar-refractivity contribution is 0.0867. The van der Waals surface area contributed by atoms with Gasteiger partial charge >= 0.3 is 0 Å². The van der Waals surface area contributed by atoms with E-state index in [1.165, 1.54) is 0 Å². The number of benzene rings is 1. The maximum Gasteiger partial charge on any atom is 0.101 e. The second kappa shape index (κ2) is 4.25. The molecule has 18 heavy (non-hydrogen) atoms. The van der Waals surface area contributed by atoms with Crippen LogP contribution in [0.1, 0.15) is 43.4 Å². The van der Waals surface area contributed by atoms with Crippen molar-refractivity contribution in [1.82, 2.24) is 0 Å². The van der Waals surface area contributed by atoms with Crippen LogP contribution in [0.4, 0.5) is 5.69 Å². The van der Waals surface area contributed by atoms with Crippen molar-refractivity contribution in [2.24, 2.45) is 0 Å². The monoisotopic (exact) mass is 308 g/mol. The average Bonchev–Trinajstić information content (AvgIpc) is 2.28. The maximum atomic E-state index is 10.4. The molecule has 0 saturated heterocycles. The van der Waals surface area contributed by atoms with Gasteiger partial charge < -0.3 is 10.4 Å². The van der Waals surface area contributed by atoms with Crippen LogP contribution in [-0.2, 0) is 0 Å². The Bertz CT molecular complexity index is 546. The van der Waals surface area contributed by atoms with Gasteiger partial charge in [-0.05, 0) is 53.9 Å². The van der Waals surface area contributed by atoms with Crippen molar-refractivity contribution in [2.45, 2.75) is 45.3 Å². The molecule has 1 heterocycles. The molecular weight excluding hydrogens is 292 g/mol. The number of rotatable bonds is 0. The highest BCUT2D eigenvalue weighted by molar-refractivity contribution is 9.10. The zero-order chi connectivity index (χ0) is 13.7. The molecule has 0 unspecified atom stereocenters. The lowest BCUT2D eigenvalue weighted by Crippen LogP contribution is -2.50. The highest BCUT2D eigenvalue weighted by Gasteiger charge is 2.40. The molecule has 0 spiro atoms. The summed E-state index contributed by atoms with van der Waals surface area (Å²) in [5.74, 6) is -0.0675. The Balaban J connectivity index is 2.75. The number of anilines is 1. The molecule has 3 nitrogen and oxygen atoms in total. The first-order valence-electron chi connectivity index (χ1n) is 5.99. The molecular formula is C14H17BrN2O. The molecule has 0 saturated carbocycles. The lowest BCUT2D eigenvalue weighted by Gasteiger charge is -2.43. The zero-order valence-corrected chi connectivity index (χ0v) is 12.6. The summed E-state index contributed by atoms with van der Waals surface area (Å²) in [6, 6.07) is 4.18. The average molecular weight is 309 g/mol. The number of aryl methyl sites for hydroxylation is 1. The molecule has 2 N–H and O–H groups in total. The van der Waals surface area contributed by atoms with Crippen LogP contribution in [0.2, 0.25) is 0 Å². The third kappa shape index (κ3) is 1.82. The van der Waals surface area contributed by atoms with Crippen LogP contribution >= 0.6 is 15.9 Å². The van der Waals surface area contributed by atoms with Gasteiger partial charge in [-0.25, -0.2) is 0 Å². The minimum absolute atomic E-state index is 0.0675. The summed E-state index contributed by atoms with van der Waals surface area (Å²) < 4.78 is 0.793. The van der Waals surface area contributed by atoms with E-state index in [0.29, 0.717) is 5.56 Å². The van der Waals surface area contributed by atoms with Gasteiger partial charge in [-0.2, -0.15) is 5.26 Å². The Labute approximate surface area is 116 Å². The van der Waals surface area contributed by atoms with Gasteiger partial charge in [0.1, 0.15) is 6.07 Å². The Morgan fingerprint density at radius 2 is 2.11 bits per heavy atom. The SMILES string of the molecule is Cc1cc(Br)c(C#N)c2c1NC(C)(C)[C@@H](O)[C@@H]2C. The van der Waals surface area contributed by atoms with E-state index >= 15 is 0 Å². The van der Waals surface area contributed by atoms with Gasteiger partial charge in [0.05, 0.1) is 17.2 Å². The summed E-state index contributed by atoms with van der Waals surface area (Å²) in [5.41, 5.74) is 3.21. The van der Waals surface area contributed by atoms with Crippen LogP contribution in [0.25, 0.3) is 0 Å². The van der Waals surface area contributed by atoms with Crippen molar-refractivity contribution in [2.75, 3.05) is 5.32 Å². The molecule has 0 bridgehead atoms. The summed E-state index contributed by atoms with van der Waals surface area (Å²) in [6.45, 7) is 7.94. The molecule has 0 aromatic heterocycles. The number of fused-ring (bicyclic) bond motifs is 1. The number of nitrogens with one attached hydrogen (secondary N) is 1. The second-order valence-electron chi connectivity index (χ2n) is 5.53. The number of aliphatic hydroxyl groups excluding tert-OH is 1.